The molecule has 0 bridgehead atoms. The van der Waals surface area contributed by atoms with E-state index in [-0.39, 0.29) is 5.75 Å². The lowest BCUT2D eigenvalue weighted by Gasteiger charge is -2.00. The molecule has 0 saturated heterocycles. The van der Waals surface area contributed by atoms with Crippen molar-refractivity contribution in [3.05, 3.63) is 48.5 Å². The maximum atomic E-state index is 9.69. The Hall–Kier alpha value is -2.36. The summed E-state index contributed by atoms with van der Waals surface area (Å²) in [5, 5.41) is 18.3. The Bertz CT molecular complexity index is 615. The molecule has 0 aliphatic heterocycles. The maximum Gasteiger partial charge on any atom is 0.143 e. The number of benzene rings is 2. The number of hydrogen-bond donors (Lipinski definition) is 1. The number of rotatable bonds is 1. The van der Waals surface area contributed by atoms with Gasteiger partial charge in [0.2, 0.25) is 0 Å². The maximum absolute atomic E-state index is 9.69. The van der Waals surface area contributed by atoms with Crippen molar-refractivity contribution in [2.75, 3.05) is 0 Å². The molecule has 0 amide bonds. The van der Waals surface area contributed by atoms with E-state index < -0.39 is 0 Å². The van der Waals surface area contributed by atoms with Gasteiger partial charge in [-0.1, -0.05) is 93.5 Å². The van der Waals surface area contributed by atoms with Gasteiger partial charge in [0, 0.05) is 0 Å². The standard InChI is InChI=1S/C12H9N3O.5C2H6/c16-12-8-4-3-7-11(12)15-13-9-5-1-2-6-10(9)14-15;5*1-2/h1-8,16H;5*1-2H3. The van der Waals surface area contributed by atoms with Gasteiger partial charge in [0.05, 0.1) is 0 Å². The smallest absolute Gasteiger partial charge is 0.143 e. The fourth-order valence-electron chi connectivity index (χ4n) is 1.60. The molecule has 0 radical (unpaired) electrons. The van der Waals surface area contributed by atoms with Gasteiger partial charge in [-0.3, -0.25) is 0 Å². The van der Waals surface area contributed by atoms with E-state index in [1.54, 1.807) is 18.2 Å². The van der Waals surface area contributed by atoms with Crippen LogP contribution in [0.4, 0.5) is 0 Å². The highest BCUT2D eigenvalue weighted by Gasteiger charge is 2.06. The van der Waals surface area contributed by atoms with E-state index in [0.717, 1.165) is 11.0 Å². The molecule has 0 atom stereocenters. The van der Waals surface area contributed by atoms with Crippen LogP contribution in [-0.2, 0) is 0 Å². The number of aromatic nitrogens is 3. The van der Waals surface area contributed by atoms with Crippen molar-refractivity contribution < 1.29 is 5.11 Å². The fraction of sp³-hybridized carbons (Fsp3) is 0.455. The molecule has 0 fully saturated rings. The lowest BCUT2D eigenvalue weighted by atomic mass is 10.3. The molecule has 4 heteroatoms. The Morgan fingerprint density at radius 2 is 0.923 bits per heavy atom. The summed E-state index contributed by atoms with van der Waals surface area (Å²) >= 11 is 0. The molecule has 1 heterocycles. The van der Waals surface area contributed by atoms with Gasteiger partial charge in [0.1, 0.15) is 22.5 Å². The number of para-hydroxylation sites is 2. The van der Waals surface area contributed by atoms with E-state index in [1.165, 1.54) is 4.80 Å². The normalized spacial score (nSPS) is 7.77. The first-order valence-electron chi connectivity index (χ1n) is 9.95. The van der Waals surface area contributed by atoms with E-state index in [0.29, 0.717) is 5.69 Å². The highest BCUT2D eigenvalue weighted by atomic mass is 16.3. The minimum atomic E-state index is 0.169. The van der Waals surface area contributed by atoms with Crippen LogP contribution < -0.4 is 0 Å². The lowest BCUT2D eigenvalue weighted by Crippen LogP contribution is -1.98. The van der Waals surface area contributed by atoms with E-state index >= 15 is 0 Å². The summed E-state index contributed by atoms with van der Waals surface area (Å²) < 4.78 is 0. The number of phenols is 1. The van der Waals surface area contributed by atoms with Gasteiger partial charge in [0.25, 0.3) is 0 Å². The predicted octanol–water partition coefficient (Wildman–Crippen LogP) is 7.26. The summed E-state index contributed by atoms with van der Waals surface area (Å²) in [6, 6.07) is 14.6. The summed E-state index contributed by atoms with van der Waals surface area (Å²) in [6.45, 7) is 20.0. The first kappa shape index (κ1) is 28.4. The highest BCUT2D eigenvalue weighted by Crippen LogP contribution is 2.20. The SMILES string of the molecule is CC.CC.CC.CC.CC.Oc1ccccc1-n1nc2ccccc2n1. The van der Waals surface area contributed by atoms with E-state index in [4.69, 9.17) is 0 Å². The van der Waals surface area contributed by atoms with Crippen LogP contribution in [0.2, 0.25) is 0 Å². The summed E-state index contributed by atoms with van der Waals surface area (Å²) in [4.78, 5) is 1.44. The minimum absolute atomic E-state index is 0.169. The Labute approximate surface area is 160 Å². The van der Waals surface area contributed by atoms with Gasteiger partial charge >= 0.3 is 0 Å². The molecule has 2 aromatic carbocycles. The minimum Gasteiger partial charge on any atom is -0.506 e. The van der Waals surface area contributed by atoms with Crippen molar-refractivity contribution in [2.24, 2.45) is 0 Å². The van der Waals surface area contributed by atoms with Crippen molar-refractivity contribution in [1.82, 2.24) is 15.0 Å². The van der Waals surface area contributed by atoms with E-state index in [2.05, 4.69) is 10.2 Å². The van der Waals surface area contributed by atoms with Gasteiger partial charge in [-0.05, 0) is 24.3 Å². The average molecular weight is 362 g/mol. The number of aromatic hydroxyl groups is 1. The van der Waals surface area contributed by atoms with Gasteiger partial charge < -0.3 is 5.11 Å². The van der Waals surface area contributed by atoms with Crippen LogP contribution in [0, 0.1) is 0 Å². The van der Waals surface area contributed by atoms with Gasteiger partial charge in [0.15, 0.2) is 0 Å². The molecule has 0 spiro atoms. The molecule has 4 nitrogen and oxygen atoms in total. The van der Waals surface area contributed by atoms with Crippen molar-refractivity contribution in [3.63, 3.8) is 0 Å². The van der Waals surface area contributed by atoms with Gasteiger partial charge in [-0.25, -0.2) is 0 Å². The molecule has 0 saturated carbocycles. The number of fused-ring (bicyclic) bond motifs is 1. The largest absolute Gasteiger partial charge is 0.506 e. The monoisotopic (exact) mass is 361 g/mol. The van der Waals surface area contributed by atoms with E-state index in [1.807, 2.05) is 99.6 Å². The quantitative estimate of drug-likeness (QED) is 0.496. The van der Waals surface area contributed by atoms with Gasteiger partial charge in [-0.15, -0.1) is 15.0 Å². The van der Waals surface area contributed by atoms with Crippen molar-refractivity contribution in [2.45, 2.75) is 69.2 Å². The van der Waals surface area contributed by atoms with Crippen LogP contribution in [0.1, 0.15) is 69.2 Å². The Balaban J connectivity index is -0.000000462. The average Bonchev–Trinajstić information content (AvgIpc) is 3.20. The number of phenolic OH excluding ortho intramolecular Hbond substituents is 1. The van der Waals surface area contributed by atoms with E-state index in [9.17, 15) is 5.11 Å². The summed E-state index contributed by atoms with van der Waals surface area (Å²) in [6.07, 6.45) is 0. The Morgan fingerprint density at radius 3 is 1.31 bits per heavy atom. The van der Waals surface area contributed by atoms with Crippen LogP contribution in [0.25, 0.3) is 16.7 Å². The predicted molar refractivity (Wildman–Crippen MR) is 117 cm³/mol. The third kappa shape index (κ3) is 9.21. The third-order valence-electron chi connectivity index (χ3n) is 2.38. The molecule has 1 aromatic heterocycles. The molecule has 0 aliphatic carbocycles. The van der Waals surface area contributed by atoms with Crippen LogP contribution >= 0.6 is 0 Å². The molecular weight excluding hydrogens is 322 g/mol. The molecule has 0 unspecified atom stereocenters. The van der Waals surface area contributed by atoms with Crippen LogP contribution in [-0.4, -0.2) is 20.1 Å². The first-order chi connectivity index (χ1) is 12.8. The molecule has 0 aliphatic rings. The van der Waals surface area contributed by atoms with Crippen LogP contribution in [0.5, 0.6) is 5.75 Å². The van der Waals surface area contributed by atoms with Crippen LogP contribution in [0.3, 0.4) is 0 Å². The lowest BCUT2D eigenvalue weighted by molar-refractivity contribution is 0.468. The Morgan fingerprint density at radius 1 is 0.577 bits per heavy atom. The van der Waals surface area contributed by atoms with Crippen molar-refractivity contribution in [3.8, 4) is 11.4 Å². The topological polar surface area (TPSA) is 50.9 Å². The van der Waals surface area contributed by atoms with Crippen LogP contribution in [0.15, 0.2) is 48.5 Å². The zero-order chi connectivity index (χ0) is 21.0. The molecule has 3 rings (SSSR count). The summed E-state index contributed by atoms with van der Waals surface area (Å²) in [7, 11) is 0. The fourth-order valence-corrected chi connectivity index (χ4v) is 1.60. The van der Waals surface area contributed by atoms with Crippen molar-refractivity contribution in [1.29, 1.82) is 0 Å². The molecular formula is C22H39N3O. The molecule has 26 heavy (non-hydrogen) atoms. The molecule has 148 valence electrons. The second-order valence-corrected chi connectivity index (χ2v) is 3.47. The zero-order valence-electron chi connectivity index (χ0n) is 18.4. The second kappa shape index (κ2) is 20.7. The number of hydrogen-bond acceptors (Lipinski definition) is 3. The molecule has 3 aromatic rings. The molecule has 1 N–H and O–H groups in total. The summed E-state index contributed by atoms with van der Waals surface area (Å²) in [5.74, 6) is 0.169. The number of nitrogens with zero attached hydrogens (tertiary/aromatic N) is 3. The third-order valence-corrected chi connectivity index (χ3v) is 2.38. The Kier molecular flexibility index (Phi) is 22.6. The summed E-state index contributed by atoms with van der Waals surface area (Å²) in [5.41, 5.74) is 2.20. The zero-order valence-corrected chi connectivity index (χ0v) is 18.4. The highest BCUT2D eigenvalue weighted by molar-refractivity contribution is 5.73. The van der Waals surface area contributed by atoms with Gasteiger partial charge in [-0.2, -0.15) is 0 Å². The first-order valence-corrected chi connectivity index (χ1v) is 9.95. The van der Waals surface area contributed by atoms with Crippen molar-refractivity contribution >= 4 is 11.0 Å². The second-order valence-electron chi connectivity index (χ2n) is 3.47.